The molecule has 0 aromatic heterocycles. The fourth-order valence-corrected chi connectivity index (χ4v) is 7.63. The van der Waals surface area contributed by atoms with E-state index in [0.717, 1.165) is 32.1 Å². The minimum atomic E-state index is -2.12. The van der Waals surface area contributed by atoms with Crippen molar-refractivity contribution in [3.8, 4) is 0 Å². The van der Waals surface area contributed by atoms with Gasteiger partial charge in [-0.05, 0) is 73.3 Å². The van der Waals surface area contributed by atoms with E-state index in [0.29, 0.717) is 30.3 Å². The van der Waals surface area contributed by atoms with Crippen LogP contribution < -0.4 is 0 Å². The van der Waals surface area contributed by atoms with Crippen molar-refractivity contribution in [2.75, 3.05) is 13.9 Å². The van der Waals surface area contributed by atoms with Crippen LogP contribution in [0, 0.1) is 28.6 Å². The third-order valence-electron chi connectivity index (χ3n) is 9.09. The molecule has 3 fully saturated rings. The molecule has 0 heterocycles. The van der Waals surface area contributed by atoms with Crippen LogP contribution >= 0.6 is 0 Å². The average Bonchev–Trinajstić information content (AvgIpc) is 2.93. The Morgan fingerprint density at radius 3 is 2.63 bits per heavy atom. The van der Waals surface area contributed by atoms with Gasteiger partial charge < -0.3 is 19.7 Å². The zero-order valence-electron chi connectivity index (χ0n) is 18.3. The Kier molecular flexibility index (Phi) is 5.37. The third-order valence-corrected chi connectivity index (χ3v) is 9.09. The van der Waals surface area contributed by atoms with Crippen molar-refractivity contribution in [3.63, 3.8) is 0 Å². The van der Waals surface area contributed by atoms with Gasteiger partial charge in [0.1, 0.15) is 6.79 Å². The number of rotatable bonds is 5. The first-order chi connectivity index (χ1) is 14.1. The molecular formula is C24H34O6. The molecule has 6 atom stereocenters. The van der Waals surface area contributed by atoms with Crippen molar-refractivity contribution >= 4 is 11.6 Å². The minimum Gasteiger partial charge on any atom is -0.362 e. The summed E-state index contributed by atoms with van der Waals surface area (Å²) in [5.41, 5.74) is -0.0854. The molecule has 0 unspecified atom stereocenters. The maximum atomic E-state index is 13.1. The SMILES string of the molecule is C=C1C[C@H]2[C@@H]3CCC4=CC(=O)CC[C@]4(C)[C@H]3CC[C@]2(C)[C@@]1(OCOC)C(=O)C(O)O. The summed E-state index contributed by atoms with van der Waals surface area (Å²) in [6.45, 7) is 8.46. The summed E-state index contributed by atoms with van der Waals surface area (Å²) in [6.07, 6.45) is 5.43. The average molecular weight is 419 g/mol. The summed E-state index contributed by atoms with van der Waals surface area (Å²) < 4.78 is 11.1. The molecule has 0 aromatic carbocycles. The summed E-state index contributed by atoms with van der Waals surface area (Å²) >= 11 is 0. The van der Waals surface area contributed by atoms with Crippen molar-refractivity contribution in [2.45, 2.75) is 70.7 Å². The highest BCUT2D eigenvalue weighted by molar-refractivity contribution is 5.95. The molecule has 4 aliphatic rings. The van der Waals surface area contributed by atoms with Crippen LogP contribution in [0.3, 0.4) is 0 Å². The Morgan fingerprint density at radius 2 is 1.97 bits per heavy atom. The second-order valence-electron chi connectivity index (χ2n) is 10.2. The summed E-state index contributed by atoms with van der Waals surface area (Å²) in [7, 11) is 1.49. The Hall–Kier alpha value is -1.34. The molecule has 30 heavy (non-hydrogen) atoms. The van der Waals surface area contributed by atoms with Gasteiger partial charge in [-0.2, -0.15) is 0 Å². The van der Waals surface area contributed by atoms with E-state index in [2.05, 4.69) is 20.4 Å². The Bertz CT molecular complexity index is 800. The standard InChI is InChI=1S/C24H34O6/c1-14-11-19-17-6-5-15-12-16(25)7-9-22(15,2)18(17)8-10-23(19,3)24(14,30-13-29-4)20(26)21(27)28/h12,17-19,21,27-28H,1,5-11,13H2,2-4H3/t17-,18+,19+,22+,23+,24+/m1/s1. The molecule has 4 aliphatic carbocycles. The molecule has 0 aliphatic heterocycles. The zero-order chi connectivity index (χ0) is 21.9. The van der Waals surface area contributed by atoms with Gasteiger partial charge in [0.15, 0.2) is 11.4 Å². The fourth-order valence-electron chi connectivity index (χ4n) is 7.63. The van der Waals surface area contributed by atoms with Crippen molar-refractivity contribution in [1.82, 2.24) is 0 Å². The Morgan fingerprint density at radius 1 is 1.23 bits per heavy atom. The maximum absolute atomic E-state index is 13.1. The molecular weight excluding hydrogens is 384 g/mol. The van der Waals surface area contributed by atoms with E-state index in [1.165, 1.54) is 12.7 Å². The number of Topliss-reactive ketones (excluding diaryl/α,β-unsaturated/α-hetero) is 1. The summed E-state index contributed by atoms with van der Waals surface area (Å²) in [5.74, 6) is 0.500. The summed E-state index contributed by atoms with van der Waals surface area (Å²) in [5, 5.41) is 19.7. The largest absolute Gasteiger partial charge is 0.362 e. The number of carbonyl (C=O) groups excluding carboxylic acids is 2. The number of allylic oxidation sites excluding steroid dienone is 1. The predicted molar refractivity (Wildman–Crippen MR) is 110 cm³/mol. The Labute approximate surface area is 178 Å². The Balaban J connectivity index is 1.74. The first kappa shape index (κ1) is 21.9. The van der Waals surface area contributed by atoms with E-state index in [1.54, 1.807) is 0 Å². The van der Waals surface area contributed by atoms with Crippen LogP contribution in [0.2, 0.25) is 0 Å². The number of ketones is 2. The van der Waals surface area contributed by atoms with Crippen LogP contribution in [0.5, 0.6) is 0 Å². The topological polar surface area (TPSA) is 93.1 Å². The van der Waals surface area contributed by atoms with Crippen LogP contribution in [0.4, 0.5) is 0 Å². The molecule has 3 saturated carbocycles. The number of carbonyl (C=O) groups is 2. The quantitative estimate of drug-likeness (QED) is 0.527. The fraction of sp³-hybridized carbons (Fsp3) is 0.750. The molecule has 2 N–H and O–H groups in total. The van der Waals surface area contributed by atoms with Gasteiger partial charge in [-0.25, -0.2) is 0 Å². The number of fused-ring (bicyclic) bond motifs is 5. The van der Waals surface area contributed by atoms with Gasteiger partial charge in [0, 0.05) is 18.9 Å². The van der Waals surface area contributed by atoms with Gasteiger partial charge in [-0.3, -0.25) is 9.59 Å². The van der Waals surface area contributed by atoms with Gasteiger partial charge in [-0.1, -0.05) is 26.0 Å². The molecule has 0 aromatic rings. The summed E-state index contributed by atoms with van der Waals surface area (Å²) in [4.78, 5) is 25.2. The maximum Gasteiger partial charge on any atom is 0.224 e. The van der Waals surface area contributed by atoms with E-state index in [9.17, 15) is 19.8 Å². The molecule has 6 nitrogen and oxygen atoms in total. The summed E-state index contributed by atoms with van der Waals surface area (Å²) in [6, 6.07) is 0. The van der Waals surface area contributed by atoms with Gasteiger partial charge in [0.2, 0.25) is 12.1 Å². The van der Waals surface area contributed by atoms with Crippen LogP contribution in [-0.4, -0.2) is 47.6 Å². The highest BCUT2D eigenvalue weighted by Gasteiger charge is 2.69. The van der Waals surface area contributed by atoms with Crippen LogP contribution in [0.15, 0.2) is 23.8 Å². The molecule has 166 valence electrons. The number of hydrogen-bond donors (Lipinski definition) is 2. The van der Waals surface area contributed by atoms with Gasteiger partial charge in [-0.15, -0.1) is 0 Å². The molecule has 0 amide bonds. The molecule has 0 spiro atoms. The number of aliphatic hydroxyl groups excluding tert-OH is 1. The molecule has 0 saturated heterocycles. The van der Waals surface area contributed by atoms with E-state index in [1.807, 2.05) is 6.08 Å². The van der Waals surface area contributed by atoms with E-state index in [-0.39, 0.29) is 23.9 Å². The van der Waals surface area contributed by atoms with E-state index < -0.39 is 23.1 Å². The zero-order valence-corrected chi connectivity index (χ0v) is 18.3. The molecule has 6 heteroatoms. The highest BCUT2D eigenvalue weighted by Crippen LogP contribution is 2.69. The third kappa shape index (κ3) is 2.77. The lowest BCUT2D eigenvalue weighted by Gasteiger charge is -2.59. The predicted octanol–water partition coefficient (Wildman–Crippen LogP) is 2.92. The number of aliphatic hydroxyl groups is 2. The second kappa shape index (κ2) is 7.37. The lowest BCUT2D eigenvalue weighted by Crippen LogP contribution is -2.61. The smallest absolute Gasteiger partial charge is 0.224 e. The molecule has 0 bridgehead atoms. The van der Waals surface area contributed by atoms with Gasteiger partial charge in [0.25, 0.3) is 0 Å². The first-order valence-corrected chi connectivity index (χ1v) is 11.1. The first-order valence-electron chi connectivity index (χ1n) is 11.1. The van der Waals surface area contributed by atoms with Crippen LogP contribution in [0.25, 0.3) is 0 Å². The number of methoxy groups -OCH3 is 1. The lowest BCUT2D eigenvalue weighted by molar-refractivity contribution is -0.208. The number of hydrogen-bond acceptors (Lipinski definition) is 6. The van der Waals surface area contributed by atoms with Crippen molar-refractivity contribution in [2.24, 2.45) is 28.6 Å². The van der Waals surface area contributed by atoms with E-state index >= 15 is 0 Å². The normalized spacial score (nSPS) is 43.1. The minimum absolute atomic E-state index is 0.0264. The highest BCUT2D eigenvalue weighted by atomic mass is 16.7. The van der Waals surface area contributed by atoms with Gasteiger partial charge in [0.05, 0.1) is 0 Å². The van der Waals surface area contributed by atoms with Crippen LogP contribution in [-0.2, 0) is 19.1 Å². The van der Waals surface area contributed by atoms with Crippen molar-refractivity contribution in [3.05, 3.63) is 23.8 Å². The monoisotopic (exact) mass is 418 g/mol. The van der Waals surface area contributed by atoms with Crippen molar-refractivity contribution < 1.29 is 29.3 Å². The van der Waals surface area contributed by atoms with E-state index in [4.69, 9.17) is 9.47 Å². The second-order valence-corrected chi connectivity index (χ2v) is 10.2. The lowest BCUT2D eigenvalue weighted by atomic mass is 9.46. The van der Waals surface area contributed by atoms with Crippen LogP contribution in [0.1, 0.15) is 58.8 Å². The van der Waals surface area contributed by atoms with Gasteiger partial charge >= 0.3 is 0 Å². The van der Waals surface area contributed by atoms with Crippen molar-refractivity contribution in [1.29, 1.82) is 0 Å². The molecule has 0 radical (unpaired) electrons. The molecule has 4 rings (SSSR count). The number of ether oxygens (including phenoxy) is 2.